The molecule has 296 valence electrons. The van der Waals surface area contributed by atoms with E-state index in [4.69, 9.17) is 0 Å². The number of anilines is 3. The summed E-state index contributed by atoms with van der Waals surface area (Å²) in [4.78, 5) is 2.59. The minimum absolute atomic E-state index is 0.143. The normalized spacial score (nSPS) is 14.1. The zero-order chi connectivity index (χ0) is 41.7. The van der Waals surface area contributed by atoms with E-state index in [0.29, 0.717) is 0 Å². The smallest absolute Gasteiger partial charge is 0.0640 e. The lowest BCUT2D eigenvalue weighted by Gasteiger charge is -2.32. The maximum atomic E-state index is 2.59. The SMILES string of the molecule is CC1(C)c2ccccc2-c2ccc(-c3ccc4c(c3N(c3ccc5c(c3)C(C)(C)c3ccccc3-5)c3ccccc3-c3ccccc3)c3ccccc3n4-c3ccccc3)cc21. The van der Waals surface area contributed by atoms with Crippen molar-refractivity contribution < 1.29 is 0 Å². The van der Waals surface area contributed by atoms with Crippen molar-refractivity contribution in [2.75, 3.05) is 4.90 Å². The molecule has 0 spiro atoms. The summed E-state index contributed by atoms with van der Waals surface area (Å²) in [5.41, 5.74) is 22.1. The maximum Gasteiger partial charge on any atom is 0.0640 e. The van der Waals surface area contributed by atoms with Gasteiger partial charge in [-0.15, -0.1) is 0 Å². The van der Waals surface area contributed by atoms with Gasteiger partial charge in [-0.1, -0.05) is 185 Å². The van der Waals surface area contributed by atoms with Crippen LogP contribution in [0.15, 0.2) is 206 Å². The van der Waals surface area contributed by atoms with E-state index >= 15 is 0 Å². The number of nitrogens with zero attached hydrogens (tertiary/aromatic N) is 2. The zero-order valence-corrected chi connectivity index (χ0v) is 35.5. The molecule has 0 fully saturated rings. The van der Waals surface area contributed by atoms with Gasteiger partial charge in [0.1, 0.15) is 0 Å². The molecule has 2 aliphatic rings. The van der Waals surface area contributed by atoms with Gasteiger partial charge in [-0.3, -0.25) is 0 Å². The molecular weight excluding hydrogens is 749 g/mol. The van der Waals surface area contributed by atoms with Gasteiger partial charge in [-0.05, 0) is 104 Å². The van der Waals surface area contributed by atoms with Gasteiger partial charge in [0.2, 0.25) is 0 Å². The Bertz CT molecular complexity index is 3400. The molecule has 1 heterocycles. The molecule has 62 heavy (non-hydrogen) atoms. The van der Waals surface area contributed by atoms with Crippen molar-refractivity contribution in [3.63, 3.8) is 0 Å². The van der Waals surface area contributed by atoms with Gasteiger partial charge < -0.3 is 9.47 Å². The molecule has 10 aromatic rings. The van der Waals surface area contributed by atoms with Crippen LogP contribution in [-0.4, -0.2) is 4.57 Å². The van der Waals surface area contributed by atoms with Crippen LogP contribution in [0.5, 0.6) is 0 Å². The second-order valence-corrected chi connectivity index (χ2v) is 18.1. The summed E-state index contributed by atoms with van der Waals surface area (Å²) in [6.45, 7) is 9.53. The fourth-order valence-electron chi connectivity index (χ4n) is 11.0. The Morgan fingerprint density at radius 3 is 1.61 bits per heavy atom. The molecule has 2 heteroatoms. The topological polar surface area (TPSA) is 8.17 Å². The largest absolute Gasteiger partial charge is 0.309 e. The summed E-state index contributed by atoms with van der Waals surface area (Å²) in [6.07, 6.45) is 0. The molecule has 2 aliphatic carbocycles. The average Bonchev–Trinajstić information content (AvgIpc) is 3.87. The highest BCUT2D eigenvalue weighted by Gasteiger charge is 2.38. The highest BCUT2D eigenvalue weighted by Crippen LogP contribution is 2.56. The van der Waals surface area contributed by atoms with Crippen LogP contribution in [0.2, 0.25) is 0 Å². The van der Waals surface area contributed by atoms with E-state index < -0.39 is 0 Å². The predicted octanol–water partition coefficient (Wildman–Crippen LogP) is 16.2. The number of para-hydroxylation sites is 3. The molecule has 0 saturated heterocycles. The predicted molar refractivity (Wildman–Crippen MR) is 261 cm³/mol. The van der Waals surface area contributed by atoms with Crippen LogP contribution < -0.4 is 4.90 Å². The molecule has 1 aromatic heterocycles. The van der Waals surface area contributed by atoms with Crippen molar-refractivity contribution in [2.45, 2.75) is 38.5 Å². The van der Waals surface area contributed by atoms with E-state index in [1.807, 2.05) is 0 Å². The Morgan fingerprint density at radius 2 is 0.903 bits per heavy atom. The van der Waals surface area contributed by atoms with Gasteiger partial charge >= 0.3 is 0 Å². The van der Waals surface area contributed by atoms with Crippen molar-refractivity contribution in [1.29, 1.82) is 0 Å². The molecule has 0 radical (unpaired) electrons. The second kappa shape index (κ2) is 13.5. The zero-order valence-electron chi connectivity index (χ0n) is 35.5. The highest BCUT2D eigenvalue weighted by atomic mass is 15.2. The second-order valence-electron chi connectivity index (χ2n) is 18.1. The van der Waals surface area contributed by atoms with Crippen LogP contribution in [0.1, 0.15) is 49.9 Å². The van der Waals surface area contributed by atoms with Crippen LogP contribution in [0, 0.1) is 0 Å². The molecule has 12 rings (SSSR count). The Balaban J connectivity index is 1.22. The first kappa shape index (κ1) is 36.4. The Hall–Kier alpha value is -7.42. The van der Waals surface area contributed by atoms with E-state index in [1.54, 1.807) is 0 Å². The molecular formula is C60H46N2. The first-order chi connectivity index (χ1) is 30.3. The van der Waals surface area contributed by atoms with Gasteiger partial charge in [-0.2, -0.15) is 0 Å². The summed E-state index contributed by atoms with van der Waals surface area (Å²) < 4.78 is 2.45. The molecule has 0 aliphatic heterocycles. The van der Waals surface area contributed by atoms with Crippen molar-refractivity contribution in [3.8, 4) is 50.2 Å². The van der Waals surface area contributed by atoms with Crippen LogP contribution >= 0.6 is 0 Å². The fourth-order valence-corrected chi connectivity index (χ4v) is 11.0. The number of hydrogen-bond acceptors (Lipinski definition) is 1. The molecule has 0 amide bonds. The highest BCUT2D eigenvalue weighted by molar-refractivity contribution is 6.20. The van der Waals surface area contributed by atoms with Crippen LogP contribution in [0.25, 0.3) is 72.0 Å². The molecule has 0 N–H and O–H groups in total. The van der Waals surface area contributed by atoms with Gasteiger partial charge in [-0.25, -0.2) is 0 Å². The van der Waals surface area contributed by atoms with Gasteiger partial charge in [0, 0.05) is 44.1 Å². The van der Waals surface area contributed by atoms with E-state index in [-0.39, 0.29) is 10.8 Å². The van der Waals surface area contributed by atoms with E-state index in [1.165, 1.54) is 94.3 Å². The fraction of sp³-hybridized carbons (Fsp3) is 0.100. The van der Waals surface area contributed by atoms with Crippen molar-refractivity contribution in [1.82, 2.24) is 4.57 Å². The number of hydrogen-bond donors (Lipinski definition) is 0. The van der Waals surface area contributed by atoms with E-state index in [2.05, 4.69) is 243 Å². The lowest BCUT2D eigenvalue weighted by molar-refractivity contribution is 0.660. The number of fused-ring (bicyclic) bond motifs is 9. The number of aromatic nitrogens is 1. The summed E-state index contributed by atoms with van der Waals surface area (Å²) in [7, 11) is 0. The van der Waals surface area contributed by atoms with Crippen LogP contribution in [0.4, 0.5) is 17.1 Å². The number of benzene rings is 9. The molecule has 2 nitrogen and oxygen atoms in total. The minimum Gasteiger partial charge on any atom is -0.309 e. The third-order valence-corrected chi connectivity index (χ3v) is 14.0. The lowest BCUT2D eigenvalue weighted by atomic mass is 9.81. The third-order valence-electron chi connectivity index (χ3n) is 14.0. The summed E-state index contributed by atoms with van der Waals surface area (Å²) in [5, 5.41) is 2.43. The van der Waals surface area contributed by atoms with Crippen molar-refractivity contribution >= 4 is 38.9 Å². The summed E-state index contributed by atoms with van der Waals surface area (Å²) >= 11 is 0. The monoisotopic (exact) mass is 794 g/mol. The van der Waals surface area contributed by atoms with Gasteiger partial charge in [0.25, 0.3) is 0 Å². The third kappa shape index (κ3) is 5.23. The standard InChI is InChI=1S/C60H46N2/c1-59(2)50-27-15-11-24-45(50)47-33-31-40(37-52(47)59)44-35-36-56-57(49-26-14-18-30-55(49)61(56)41-21-9-6-10-22-41)58(44)62(54-29-17-13-23-43(54)39-19-7-5-8-20-39)42-32-34-48-46-25-12-16-28-51(46)60(3,4)53(48)38-42/h5-38H,1-4H3. The molecule has 0 saturated carbocycles. The summed E-state index contributed by atoms with van der Waals surface area (Å²) in [5.74, 6) is 0. The Morgan fingerprint density at radius 1 is 0.371 bits per heavy atom. The first-order valence-electron chi connectivity index (χ1n) is 21.9. The maximum absolute atomic E-state index is 2.59. The first-order valence-corrected chi connectivity index (χ1v) is 21.9. The van der Waals surface area contributed by atoms with Gasteiger partial charge in [0.05, 0.1) is 22.4 Å². The van der Waals surface area contributed by atoms with E-state index in [0.717, 1.165) is 17.1 Å². The minimum atomic E-state index is -0.175. The molecule has 0 unspecified atom stereocenters. The Labute approximate surface area is 364 Å². The molecule has 0 atom stereocenters. The summed E-state index contributed by atoms with van der Waals surface area (Å²) in [6, 6.07) is 76.7. The lowest BCUT2D eigenvalue weighted by Crippen LogP contribution is -2.17. The van der Waals surface area contributed by atoms with E-state index in [9.17, 15) is 0 Å². The van der Waals surface area contributed by atoms with Gasteiger partial charge in [0.15, 0.2) is 0 Å². The van der Waals surface area contributed by atoms with Crippen molar-refractivity contribution in [3.05, 3.63) is 229 Å². The molecule has 0 bridgehead atoms. The van der Waals surface area contributed by atoms with Crippen molar-refractivity contribution in [2.24, 2.45) is 0 Å². The van der Waals surface area contributed by atoms with Crippen LogP contribution in [-0.2, 0) is 10.8 Å². The average molecular weight is 795 g/mol. The quantitative estimate of drug-likeness (QED) is 0.163. The number of rotatable bonds is 6. The Kier molecular flexibility index (Phi) is 7.96. The van der Waals surface area contributed by atoms with Crippen LogP contribution in [0.3, 0.4) is 0 Å². The molecule has 9 aromatic carbocycles.